The predicted octanol–water partition coefficient (Wildman–Crippen LogP) is 3.92. The average molecular weight is 432 g/mol. The van der Waals surface area contributed by atoms with Crippen LogP contribution in [-0.4, -0.2) is 18.2 Å². The molecule has 4 aromatic rings. The fourth-order valence-electron chi connectivity index (χ4n) is 2.97. The minimum atomic E-state index is -0.690. The summed E-state index contributed by atoms with van der Waals surface area (Å²) in [7, 11) is 1.23. The lowest BCUT2D eigenvalue weighted by Crippen LogP contribution is -2.29. The highest BCUT2D eigenvalue weighted by atomic mass is 16.6. The first-order valence-corrected chi connectivity index (χ1v) is 9.80. The molecule has 0 unspecified atom stereocenters. The van der Waals surface area contributed by atoms with Crippen LogP contribution < -0.4 is 14.2 Å². The molecular weight excluding hydrogens is 412 g/mol. The van der Waals surface area contributed by atoms with Gasteiger partial charge in [-0.3, -0.25) is 0 Å². The largest absolute Gasteiger partial charge is 0.618 e. The molecule has 0 atom stereocenters. The first kappa shape index (κ1) is 20.9. The van der Waals surface area contributed by atoms with Crippen LogP contribution in [0.15, 0.2) is 83.5 Å². The first-order valence-electron chi connectivity index (χ1n) is 9.80. The number of carbonyl (C=O) groups is 1. The van der Waals surface area contributed by atoms with E-state index in [-0.39, 0.29) is 36.1 Å². The molecule has 2 aromatic heterocycles. The van der Waals surface area contributed by atoms with Crippen molar-refractivity contribution in [3.8, 4) is 22.9 Å². The van der Waals surface area contributed by atoms with Gasteiger partial charge < -0.3 is 23.9 Å². The Hall–Kier alpha value is -4.33. The quantitative estimate of drug-likeness (QED) is 0.236. The van der Waals surface area contributed by atoms with Gasteiger partial charge in [-0.15, -0.1) is 0 Å². The highest BCUT2D eigenvalue weighted by Crippen LogP contribution is 2.31. The number of esters is 1. The van der Waals surface area contributed by atoms with E-state index >= 15 is 0 Å². The number of methoxy groups -OCH3 is 1. The summed E-state index contributed by atoms with van der Waals surface area (Å²) in [5.74, 6) is -0.169. The molecule has 0 saturated heterocycles. The summed E-state index contributed by atoms with van der Waals surface area (Å²) in [6.45, 7) is 0.537. The van der Waals surface area contributed by atoms with Crippen LogP contribution in [0, 0.1) is 5.21 Å². The zero-order valence-corrected chi connectivity index (χ0v) is 17.3. The number of benzene rings is 2. The maximum absolute atomic E-state index is 12.7. The summed E-state index contributed by atoms with van der Waals surface area (Å²) >= 11 is 0. The highest BCUT2D eigenvalue weighted by Gasteiger charge is 2.23. The van der Waals surface area contributed by atoms with E-state index in [4.69, 9.17) is 14.0 Å². The Morgan fingerprint density at radius 3 is 2.12 bits per heavy atom. The van der Waals surface area contributed by atoms with Crippen molar-refractivity contribution in [1.29, 1.82) is 0 Å². The van der Waals surface area contributed by atoms with Crippen LogP contribution in [0.3, 0.4) is 0 Å². The van der Waals surface area contributed by atoms with E-state index in [2.05, 4.69) is 9.89 Å². The molecule has 0 spiro atoms. The molecule has 0 fully saturated rings. The van der Waals surface area contributed by atoms with Crippen LogP contribution in [-0.2, 0) is 18.0 Å². The standard InChI is InChI=1S/C24H20N2O6/c1-29-24(27)22-12-19(25-32-22)20-13-21(30-15-17-8-4-2-5-9-17)23(14-26(20)28)31-16-18-10-6-3-7-11-18/h2-14H,15-16H2,1H3. The van der Waals surface area contributed by atoms with E-state index in [9.17, 15) is 10.0 Å². The molecule has 162 valence electrons. The number of pyridine rings is 1. The van der Waals surface area contributed by atoms with Crippen molar-refractivity contribution in [2.75, 3.05) is 7.11 Å². The number of ether oxygens (including phenoxy) is 3. The molecule has 0 N–H and O–H groups in total. The number of nitrogens with zero attached hydrogens (tertiary/aromatic N) is 2. The van der Waals surface area contributed by atoms with Gasteiger partial charge in [-0.2, -0.15) is 4.73 Å². The highest BCUT2D eigenvalue weighted by molar-refractivity contribution is 5.87. The van der Waals surface area contributed by atoms with Crippen molar-refractivity contribution in [2.45, 2.75) is 13.2 Å². The van der Waals surface area contributed by atoms with Gasteiger partial charge in [0, 0.05) is 6.07 Å². The van der Waals surface area contributed by atoms with Gasteiger partial charge in [-0.25, -0.2) is 4.79 Å². The molecule has 0 aliphatic heterocycles. The third kappa shape index (κ3) is 4.86. The summed E-state index contributed by atoms with van der Waals surface area (Å²) in [6, 6.07) is 22.0. The fourth-order valence-corrected chi connectivity index (χ4v) is 2.97. The summed E-state index contributed by atoms with van der Waals surface area (Å²) in [5.41, 5.74) is 2.21. The lowest BCUT2D eigenvalue weighted by atomic mass is 10.2. The van der Waals surface area contributed by atoms with Crippen LogP contribution in [0.4, 0.5) is 0 Å². The fraction of sp³-hybridized carbons (Fsp3) is 0.125. The van der Waals surface area contributed by atoms with Crippen molar-refractivity contribution in [3.05, 3.63) is 101 Å². The predicted molar refractivity (Wildman–Crippen MR) is 114 cm³/mol. The molecule has 0 amide bonds. The Labute approximate surface area is 184 Å². The lowest BCUT2D eigenvalue weighted by molar-refractivity contribution is -0.594. The van der Waals surface area contributed by atoms with Crippen molar-refractivity contribution in [2.24, 2.45) is 0 Å². The van der Waals surface area contributed by atoms with Gasteiger partial charge in [-0.1, -0.05) is 65.8 Å². The van der Waals surface area contributed by atoms with E-state index in [1.807, 2.05) is 60.7 Å². The van der Waals surface area contributed by atoms with Crippen LogP contribution >= 0.6 is 0 Å². The molecule has 2 aromatic carbocycles. The van der Waals surface area contributed by atoms with Gasteiger partial charge in [-0.05, 0) is 11.1 Å². The van der Waals surface area contributed by atoms with Crippen LogP contribution in [0.1, 0.15) is 21.7 Å². The van der Waals surface area contributed by atoms with E-state index in [1.54, 1.807) is 0 Å². The van der Waals surface area contributed by atoms with Gasteiger partial charge in [0.25, 0.3) is 0 Å². The van der Waals surface area contributed by atoms with Crippen LogP contribution in [0.25, 0.3) is 11.4 Å². The van der Waals surface area contributed by atoms with Gasteiger partial charge in [0.1, 0.15) is 13.2 Å². The molecule has 4 rings (SSSR count). The second kappa shape index (κ2) is 9.65. The number of aromatic nitrogens is 2. The van der Waals surface area contributed by atoms with E-state index in [0.717, 1.165) is 11.1 Å². The summed E-state index contributed by atoms with van der Waals surface area (Å²) in [4.78, 5) is 11.7. The maximum Gasteiger partial charge on any atom is 0.376 e. The molecule has 2 heterocycles. The van der Waals surface area contributed by atoms with Gasteiger partial charge in [0.2, 0.25) is 23.4 Å². The minimum Gasteiger partial charge on any atom is -0.618 e. The molecule has 8 heteroatoms. The molecule has 0 aliphatic rings. The first-order chi connectivity index (χ1) is 15.6. The Balaban J connectivity index is 1.64. The summed E-state index contributed by atoms with van der Waals surface area (Å²) in [6.07, 6.45) is 1.27. The molecule has 0 saturated carbocycles. The molecule has 32 heavy (non-hydrogen) atoms. The average Bonchev–Trinajstić information content (AvgIpc) is 3.33. The number of hydrogen-bond acceptors (Lipinski definition) is 7. The molecule has 0 bridgehead atoms. The Morgan fingerprint density at radius 2 is 1.53 bits per heavy atom. The number of carbonyl (C=O) groups excluding carboxylic acids is 1. The normalized spacial score (nSPS) is 10.5. The van der Waals surface area contributed by atoms with Gasteiger partial charge in [0.15, 0.2) is 11.4 Å². The zero-order valence-electron chi connectivity index (χ0n) is 17.3. The molecule has 0 radical (unpaired) electrons. The van der Waals surface area contributed by atoms with Crippen LogP contribution in [0.2, 0.25) is 0 Å². The molecule has 0 aliphatic carbocycles. The third-order valence-corrected chi connectivity index (χ3v) is 4.62. The van der Waals surface area contributed by atoms with Crippen LogP contribution in [0.5, 0.6) is 11.5 Å². The Morgan fingerprint density at radius 1 is 0.938 bits per heavy atom. The topological polar surface area (TPSA) is 97.7 Å². The van der Waals surface area contributed by atoms with Crippen molar-refractivity contribution >= 4 is 5.97 Å². The molecular formula is C24H20N2O6. The third-order valence-electron chi connectivity index (χ3n) is 4.62. The van der Waals surface area contributed by atoms with Gasteiger partial charge in [0.05, 0.1) is 13.2 Å². The van der Waals surface area contributed by atoms with Crippen molar-refractivity contribution in [3.63, 3.8) is 0 Å². The smallest absolute Gasteiger partial charge is 0.376 e. The van der Waals surface area contributed by atoms with E-state index in [1.165, 1.54) is 25.4 Å². The lowest BCUT2D eigenvalue weighted by Gasteiger charge is -2.14. The maximum atomic E-state index is 12.7. The summed E-state index contributed by atoms with van der Waals surface area (Å²) in [5, 5.41) is 16.5. The Bertz CT molecular complexity index is 1190. The zero-order chi connectivity index (χ0) is 22.3. The Kier molecular flexibility index (Phi) is 6.31. The monoisotopic (exact) mass is 432 g/mol. The van der Waals surface area contributed by atoms with Gasteiger partial charge >= 0.3 is 5.97 Å². The van der Waals surface area contributed by atoms with Crippen molar-refractivity contribution in [1.82, 2.24) is 5.16 Å². The number of hydrogen-bond donors (Lipinski definition) is 0. The van der Waals surface area contributed by atoms with E-state index < -0.39 is 5.97 Å². The second-order valence-electron chi connectivity index (χ2n) is 6.83. The molecule has 8 nitrogen and oxygen atoms in total. The number of rotatable bonds is 8. The SMILES string of the molecule is COC(=O)c1cc(-c2cc(OCc3ccccc3)c(OCc3ccccc3)c[n+]2[O-])no1. The second-order valence-corrected chi connectivity index (χ2v) is 6.83. The minimum absolute atomic E-state index is 0.112. The summed E-state index contributed by atoms with van der Waals surface area (Å²) < 4.78 is 22.0. The van der Waals surface area contributed by atoms with E-state index in [0.29, 0.717) is 10.5 Å². The van der Waals surface area contributed by atoms with Crippen molar-refractivity contribution < 1.29 is 28.3 Å².